The summed E-state index contributed by atoms with van der Waals surface area (Å²) in [7, 11) is 0. The molecule has 3 aromatic rings. The van der Waals surface area contributed by atoms with E-state index in [1.165, 1.54) is 6.42 Å². The van der Waals surface area contributed by atoms with Gasteiger partial charge in [-0.3, -0.25) is 4.79 Å². The van der Waals surface area contributed by atoms with Crippen LogP contribution in [-0.4, -0.2) is 32.7 Å². The number of nitrogens with zero attached hydrogens (tertiary/aromatic N) is 5. The van der Waals surface area contributed by atoms with E-state index in [-0.39, 0.29) is 22.7 Å². The summed E-state index contributed by atoms with van der Waals surface area (Å²) in [6.07, 6.45) is 12.6. The lowest BCUT2D eigenvalue weighted by Gasteiger charge is -2.53. The number of aryl methyl sites for hydroxylation is 2. The Morgan fingerprint density at radius 3 is 2.41 bits per heavy atom. The van der Waals surface area contributed by atoms with Crippen LogP contribution >= 0.6 is 0 Å². The number of amides is 1. The lowest BCUT2D eigenvalue weighted by molar-refractivity contribution is -0.124. The van der Waals surface area contributed by atoms with Crippen molar-refractivity contribution in [2.45, 2.75) is 96.3 Å². The highest BCUT2D eigenvalue weighted by molar-refractivity contribution is 5.95. The van der Waals surface area contributed by atoms with Gasteiger partial charge in [-0.2, -0.15) is 9.97 Å². The highest BCUT2D eigenvalue weighted by atomic mass is 16.5. The minimum Gasteiger partial charge on any atom is -0.339 e. The van der Waals surface area contributed by atoms with E-state index in [0.29, 0.717) is 17.5 Å². The fourth-order valence-electron chi connectivity index (χ4n) is 6.86. The van der Waals surface area contributed by atoms with Crippen LogP contribution in [0.4, 0.5) is 5.69 Å². The van der Waals surface area contributed by atoms with Gasteiger partial charge in [0.15, 0.2) is 11.6 Å². The molecule has 0 N–H and O–H groups in total. The third-order valence-corrected chi connectivity index (χ3v) is 9.29. The normalized spacial score (nSPS) is 25.9. The molecule has 4 aliphatic rings. The molecule has 37 heavy (non-hydrogen) atoms. The van der Waals surface area contributed by atoms with Crippen LogP contribution in [0.25, 0.3) is 11.5 Å². The zero-order valence-electron chi connectivity index (χ0n) is 22.0. The number of fused-ring (bicyclic) bond motifs is 3. The fraction of sp³-hybridized carbons (Fsp3) is 0.621. The number of carbonyl (C=O) groups is 1. The summed E-state index contributed by atoms with van der Waals surface area (Å²) in [4.78, 5) is 25.3. The van der Waals surface area contributed by atoms with Crippen molar-refractivity contribution < 1.29 is 13.8 Å². The van der Waals surface area contributed by atoms with Gasteiger partial charge >= 0.3 is 0 Å². The number of rotatable bonds is 7. The van der Waals surface area contributed by atoms with E-state index in [0.717, 1.165) is 94.3 Å². The maximum absolute atomic E-state index is 14.1. The first kappa shape index (κ1) is 24.3. The second-order valence-corrected chi connectivity index (χ2v) is 11.6. The molecule has 4 saturated carbocycles. The van der Waals surface area contributed by atoms with E-state index in [9.17, 15) is 4.79 Å². The van der Waals surface area contributed by atoms with Crippen molar-refractivity contribution in [3.63, 3.8) is 0 Å². The molecule has 8 heteroatoms. The maximum atomic E-state index is 14.1. The number of aromatic nitrogens is 4. The third-order valence-electron chi connectivity index (χ3n) is 9.29. The van der Waals surface area contributed by atoms with Gasteiger partial charge in [0.05, 0.1) is 0 Å². The molecule has 8 nitrogen and oxygen atoms in total. The summed E-state index contributed by atoms with van der Waals surface area (Å²) in [6.45, 7) is 4.66. The van der Waals surface area contributed by atoms with Crippen molar-refractivity contribution in [1.82, 2.24) is 20.3 Å². The van der Waals surface area contributed by atoms with Crippen molar-refractivity contribution in [3.8, 4) is 11.5 Å². The molecule has 0 saturated heterocycles. The average Bonchev–Trinajstić information content (AvgIpc) is 3.63. The molecule has 1 aromatic carbocycles. The number of hydrogen-bond donors (Lipinski definition) is 0. The monoisotopic (exact) mass is 503 g/mol. The molecule has 2 heterocycles. The van der Waals surface area contributed by atoms with Crippen LogP contribution in [0.15, 0.2) is 33.3 Å². The van der Waals surface area contributed by atoms with Gasteiger partial charge < -0.3 is 13.9 Å². The molecular formula is C29H37N5O3. The predicted octanol–water partition coefficient (Wildman–Crippen LogP) is 6.20. The van der Waals surface area contributed by atoms with Gasteiger partial charge in [0, 0.05) is 35.5 Å². The molecule has 196 valence electrons. The zero-order chi connectivity index (χ0) is 25.5. The SMILES string of the molecule is CCc1noc(-c2cccc(N(CC34CCC(c5nc(C)no5)(CC3)CC4)C(=O)C3CCCCC3)c2)n1. The quantitative estimate of drug-likeness (QED) is 0.379. The van der Waals surface area contributed by atoms with E-state index in [1.54, 1.807) is 0 Å². The van der Waals surface area contributed by atoms with Crippen molar-refractivity contribution in [2.75, 3.05) is 11.4 Å². The average molecular weight is 504 g/mol. The van der Waals surface area contributed by atoms with Gasteiger partial charge in [-0.1, -0.05) is 42.6 Å². The van der Waals surface area contributed by atoms with Gasteiger partial charge in [0.25, 0.3) is 5.89 Å². The molecule has 2 bridgehead atoms. The maximum Gasteiger partial charge on any atom is 0.257 e. The van der Waals surface area contributed by atoms with Crippen LogP contribution in [0.2, 0.25) is 0 Å². The van der Waals surface area contributed by atoms with Crippen LogP contribution < -0.4 is 4.90 Å². The first-order valence-electron chi connectivity index (χ1n) is 14.0. The first-order valence-corrected chi connectivity index (χ1v) is 14.0. The second-order valence-electron chi connectivity index (χ2n) is 11.6. The van der Waals surface area contributed by atoms with Crippen LogP contribution in [-0.2, 0) is 16.6 Å². The lowest BCUT2D eigenvalue weighted by Crippen LogP contribution is -2.51. The summed E-state index contributed by atoms with van der Waals surface area (Å²) < 4.78 is 11.2. The minimum absolute atomic E-state index is 0.01000. The highest BCUT2D eigenvalue weighted by Gasteiger charge is 2.53. The molecule has 0 atom stereocenters. The van der Waals surface area contributed by atoms with E-state index in [4.69, 9.17) is 9.05 Å². The van der Waals surface area contributed by atoms with Crippen molar-refractivity contribution in [2.24, 2.45) is 11.3 Å². The number of carbonyl (C=O) groups excluding carboxylic acids is 1. The van der Waals surface area contributed by atoms with Crippen LogP contribution in [0, 0.1) is 18.3 Å². The van der Waals surface area contributed by atoms with Gasteiger partial charge in [-0.15, -0.1) is 0 Å². The predicted molar refractivity (Wildman–Crippen MR) is 139 cm³/mol. The summed E-state index contributed by atoms with van der Waals surface area (Å²) in [5, 5.41) is 8.13. The molecular weight excluding hydrogens is 466 g/mol. The minimum atomic E-state index is 0.01000. The van der Waals surface area contributed by atoms with Crippen molar-refractivity contribution >= 4 is 11.6 Å². The van der Waals surface area contributed by atoms with E-state index < -0.39 is 0 Å². The Labute approximate surface area is 218 Å². The Morgan fingerprint density at radius 2 is 1.76 bits per heavy atom. The zero-order valence-corrected chi connectivity index (χ0v) is 22.0. The molecule has 0 unspecified atom stereocenters. The molecule has 0 spiro atoms. The van der Waals surface area contributed by atoms with E-state index >= 15 is 0 Å². The fourth-order valence-corrected chi connectivity index (χ4v) is 6.86. The summed E-state index contributed by atoms with van der Waals surface area (Å²) in [5.41, 5.74) is 1.93. The van der Waals surface area contributed by atoms with Gasteiger partial charge in [-0.05, 0) is 81.9 Å². The summed E-state index contributed by atoms with van der Waals surface area (Å²) in [6, 6.07) is 8.11. The molecule has 0 aliphatic heterocycles. The van der Waals surface area contributed by atoms with Crippen LogP contribution in [0.5, 0.6) is 0 Å². The number of anilines is 1. The Kier molecular flexibility index (Phi) is 6.37. The Bertz CT molecular complexity index is 1230. The van der Waals surface area contributed by atoms with Gasteiger partial charge in [0.1, 0.15) is 0 Å². The molecule has 7 rings (SSSR count). The molecule has 1 amide bonds. The molecule has 4 aliphatic carbocycles. The number of benzene rings is 1. The topological polar surface area (TPSA) is 98.1 Å². The third kappa shape index (κ3) is 4.59. The standard InChI is InChI=1S/C29H37N5O3/c1-3-24-31-25(36-33-24)22-10-7-11-23(18-22)34(26(35)21-8-5-4-6-9-21)19-28-12-15-29(16-13-28,17-14-28)27-30-20(2)32-37-27/h7,10-11,18,21H,3-6,8-9,12-17,19H2,1-2H3. The summed E-state index contributed by atoms with van der Waals surface area (Å²) >= 11 is 0. The van der Waals surface area contributed by atoms with E-state index in [2.05, 4.69) is 37.3 Å². The van der Waals surface area contributed by atoms with Crippen LogP contribution in [0.3, 0.4) is 0 Å². The smallest absolute Gasteiger partial charge is 0.257 e. The van der Waals surface area contributed by atoms with E-state index in [1.807, 2.05) is 26.0 Å². The Balaban J connectivity index is 1.28. The van der Waals surface area contributed by atoms with Gasteiger partial charge in [-0.25, -0.2) is 0 Å². The summed E-state index contributed by atoms with van der Waals surface area (Å²) in [5.74, 6) is 3.11. The van der Waals surface area contributed by atoms with Crippen molar-refractivity contribution in [3.05, 3.63) is 41.8 Å². The Hall–Kier alpha value is -3.03. The second kappa shape index (κ2) is 9.69. The Morgan fingerprint density at radius 1 is 1.00 bits per heavy atom. The number of hydrogen-bond acceptors (Lipinski definition) is 7. The van der Waals surface area contributed by atoms with Gasteiger partial charge in [0.2, 0.25) is 11.8 Å². The lowest BCUT2D eigenvalue weighted by atomic mass is 9.53. The molecule has 2 aromatic heterocycles. The highest BCUT2D eigenvalue weighted by Crippen LogP contribution is 2.58. The molecule has 4 fully saturated rings. The van der Waals surface area contributed by atoms with Crippen LogP contribution in [0.1, 0.15) is 95.1 Å². The van der Waals surface area contributed by atoms with Crippen molar-refractivity contribution in [1.29, 1.82) is 0 Å². The largest absolute Gasteiger partial charge is 0.339 e. The molecule has 0 radical (unpaired) electrons. The first-order chi connectivity index (χ1) is 18.0.